The van der Waals surface area contributed by atoms with Crippen molar-refractivity contribution in [1.82, 2.24) is 0 Å². The lowest BCUT2D eigenvalue weighted by Crippen LogP contribution is -2.22. The number of ether oxygens (including phenoxy) is 2. The van der Waals surface area contributed by atoms with E-state index in [1.54, 1.807) is 0 Å². The first-order chi connectivity index (χ1) is 6.88. The number of carbonyl (C=O) groups excluding carboxylic acids is 2. The first-order valence-electron chi connectivity index (χ1n) is 5.03. The molecule has 0 spiro atoms. The third kappa shape index (κ3) is 0.837. The summed E-state index contributed by atoms with van der Waals surface area (Å²) in [5, 5.41) is 0. The summed E-state index contributed by atoms with van der Waals surface area (Å²) >= 11 is 0. The zero-order chi connectivity index (χ0) is 9.71. The van der Waals surface area contributed by atoms with Crippen LogP contribution in [0.15, 0.2) is 0 Å². The monoisotopic (exact) mass is 196 g/mol. The highest BCUT2D eigenvalue weighted by atomic mass is 16.5. The van der Waals surface area contributed by atoms with Crippen molar-refractivity contribution in [2.75, 3.05) is 6.61 Å². The number of carbonyl (C=O) groups is 2. The lowest BCUT2D eigenvalue weighted by molar-refractivity contribution is -0.137. The van der Waals surface area contributed by atoms with Crippen molar-refractivity contribution in [3.63, 3.8) is 0 Å². The number of hydrogen-bond donors (Lipinski definition) is 0. The Morgan fingerprint density at radius 3 is 2.64 bits per heavy atom. The molecule has 4 heteroatoms. The molecule has 6 atom stereocenters. The van der Waals surface area contributed by atoms with Gasteiger partial charge >= 0.3 is 0 Å². The molecule has 14 heavy (non-hydrogen) atoms. The Labute approximate surface area is 81.6 Å². The molecule has 0 aromatic heterocycles. The normalized spacial score (nSPS) is 51.4. The minimum Gasteiger partial charge on any atom is -0.468 e. The summed E-state index contributed by atoms with van der Waals surface area (Å²) in [7, 11) is 0. The highest BCUT2D eigenvalue weighted by molar-refractivity contribution is 5.40. The van der Waals surface area contributed by atoms with Crippen LogP contribution in [0.2, 0.25) is 0 Å². The zero-order valence-electron chi connectivity index (χ0n) is 7.67. The van der Waals surface area contributed by atoms with Crippen molar-refractivity contribution in [3.05, 3.63) is 0 Å². The molecular weight excluding hydrogens is 184 g/mol. The van der Waals surface area contributed by atoms with Gasteiger partial charge in [-0.05, 0) is 18.3 Å². The lowest BCUT2D eigenvalue weighted by Gasteiger charge is -2.17. The third-order valence-electron chi connectivity index (χ3n) is 4.25. The lowest BCUT2D eigenvalue weighted by atomic mass is 9.98. The van der Waals surface area contributed by atoms with Crippen molar-refractivity contribution in [2.45, 2.75) is 12.5 Å². The Morgan fingerprint density at radius 2 is 2.00 bits per heavy atom. The van der Waals surface area contributed by atoms with Crippen LogP contribution in [0, 0.1) is 29.6 Å². The van der Waals surface area contributed by atoms with Gasteiger partial charge in [0.05, 0.1) is 6.61 Å². The summed E-state index contributed by atoms with van der Waals surface area (Å²) in [5.41, 5.74) is 0. The Balaban J connectivity index is 1.69. The second-order valence-corrected chi connectivity index (χ2v) is 4.51. The van der Waals surface area contributed by atoms with E-state index in [9.17, 15) is 9.59 Å². The van der Waals surface area contributed by atoms with Crippen LogP contribution in [-0.2, 0) is 19.1 Å². The van der Waals surface area contributed by atoms with Crippen LogP contribution in [0.1, 0.15) is 6.42 Å². The largest absolute Gasteiger partial charge is 0.468 e. The van der Waals surface area contributed by atoms with Gasteiger partial charge in [-0.2, -0.15) is 0 Å². The van der Waals surface area contributed by atoms with Gasteiger partial charge in [-0.15, -0.1) is 0 Å². The molecule has 0 heterocycles. The van der Waals surface area contributed by atoms with Crippen LogP contribution in [0.5, 0.6) is 0 Å². The van der Waals surface area contributed by atoms with Crippen molar-refractivity contribution in [3.8, 4) is 0 Å². The highest BCUT2D eigenvalue weighted by Gasteiger charge is 2.74. The van der Waals surface area contributed by atoms with Crippen molar-refractivity contribution in [1.29, 1.82) is 0 Å². The summed E-state index contributed by atoms with van der Waals surface area (Å²) in [5.74, 6) is 2.86. The van der Waals surface area contributed by atoms with E-state index in [-0.39, 0.29) is 6.10 Å². The van der Waals surface area contributed by atoms with Gasteiger partial charge in [0.1, 0.15) is 6.10 Å². The van der Waals surface area contributed by atoms with Gasteiger partial charge in [-0.1, -0.05) is 0 Å². The summed E-state index contributed by atoms with van der Waals surface area (Å²) in [4.78, 5) is 20.4. The molecule has 0 radical (unpaired) electrons. The minimum atomic E-state index is 0.114. The van der Waals surface area contributed by atoms with E-state index in [0.29, 0.717) is 43.2 Å². The van der Waals surface area contributed by atoms with Crippen LogP contribution in [0.3, 0.4) is 0 Å². The van der Waals surface area contributed by atoms with Crippen LogP contribution in [0.4, 0.5) is 0 Å². The Kier molecular flexibility index (Phi) is 1.60. The van der Waals surface area contributed by atoms with Gasteiger partial charge in [0, 0.05) is 17.8 Å². The van der Waals surface area contributed by atoms with Gasteiger partial charge in [0.15, 0.2) is 0 Å². The maximum Gasteiger partial charge on any atom is 0.293 e. The molecule has 4 fully saturated rings. The molecule has 4 nitrogen and oxygen atoms in total. The average Bonchev–Trinajstić information content (AvgIpc) is 2.54. The molecule has 4 bridgehead atoms. The smallest absolute Gasteiger partial charge is 0.293 e. The zero-order valence-corrected chi connectivity index (χ0v) is 7.67. The van der Waals surface area contributed by atoms with E-state index in [1.165, 1.54) is 0 Å². The first kappa shape index (κ1) is 8.26. The quantitative estimate of drug-likeness (QED) is 0.590. The van der Waals surface area contributed by atoms with E-state index >= 15 is 0 Å². The summed E-state index contributed by atoms with van der Waals surface area (Å²) in [6, 6.07) is 0. The summed E-state index contributed by atoms with van der Waals surface area (Å²) in [6.45, 7) is 1.56. The molecule has 0 saturated heterocycles. The predicted molar refractivity (Wildman–Crippen MR) is 45.0 cm³/mol. The highest BCUT2D eigenvalue weighted by Crippen LogP contribution is 2.73. The van der Waals surface area contributed by atoms with E-state index in [1.807, 2.05) is 0 Å². The first-order valence-corrected chi connectivity index (χ1v) is 5.03. The molecule has 76 valence electrons. The molecule has 0 N–H and O–H groups in total. The van der Waals surface area contributed by atoms with E-state index in [0.717, 1.165) is 12.3 Å². The fraction of sp³-hybridized carbons (Fsp3) is 0.800. The van der Waals surface area contributed by atoms with Gasteiger partial charge in [0.2, 0.25) is 0 Å². The topological polar surface area (TPSA) is 52.6 Å². The van der Waals surface area contributed by atoms with Crippen LogP contribution < -0.4 is 0 Å². The minimum absolute atomic E-state index is 0.114. The van der Waals surface area contributed by atoms with E-state index in [4.69, 9.17) is 9.47 Å². The van der Waals surface area contributed by atoms with Crippen LogP contribution >= 0.6 is 0 Å². The predicted octanol–water partition coefficient (Wildman–Crippen LogP) is 0.213. The molecule has 0 aliphatic heterocycles. The summed E-state index contributed by atoms with van der Waals surface area (Å²) < 4.78 is 9.91. The molecule has 0 aromatic rings. The fourth-order valence-corrected chi connectivity index (χ4v) is 3.89. The molecule has 0 aromatic carbocycles. The molecule has 0 unspecified atom stereocenters. The second-order valence-electron chi connectivity index (χ2n) is 4.51. The third-order valence-corrected chi connectivity index (χ3v) is 4.25. The van der Waals surface area contributed by atoms with Gasteiger partial charge in [-0.3, -0.25) is 9.59 Å². The number of hydrogen-bond acceptors (Lipinski definition) is 4. The van der Waals surface area contributed by atoms with Gasteiger partial charge in [0.25, 0.3) is 12.9 Å². The van der Waals surface area contributed by atoms with Crippen LogP contribution in [-0.4, -0.2) is 25.7 Å². The Hall–Kier alpha value is -1.06. The fourth-order valence-electron chi connectivity index (χ4n) is 3.89. The maximum absolute atomic E-state index is 10.3. The Morgan fingerprint density at radius 1 is 1.14 bits per heavy atom. The maximum atomic E-state index is 10.3. The number of rotatable bonds is 5. The standard InChI is InChI=1S/C10H12O4/c11-3-13-2-7-5-1-6-8(7)9(6)10(5)14-4-12/h3-10H,1-2H2/t5-,6+,7-,8-,9+,10+/m1/s1. The SMILES string of the molecule is O=COC[C@@H]1[C@H]2C[C@H]3[C@H]1[C@H]3[C@H]2OC=O. The second kappa shape index (κ2) is 2.72. The van der Waals surface area contributed by atoms with Crippen LogP contribution in [0.25, 0.3) is 0 Å². The van der Waals surface area contributed by atoms with E-state index < -0.39 is 0 Å². The molecule has 0 amide bonds. The van der Waals surface area contributed by atoms with Crippen molar-refractivity contribution in [2.24, 2.45) is 29.6 Å². The Bertz CT molecular complexity index is 277. The molecule has 4 rings (SSSR count). The van der Waals surface area contributed by atoms with Crippen molar-refractivity contribution < 1.29 is 19.1 Å². The van der Waals surface area contributed by atoms with E-state index in [2.05, 4.69) is 0 Å². The molecule has 4 aliphatic rings. The molecular formula is C10H12O4. The summed E-state index contributed by atoms with van der Waals surface area (Å²) in [6.07, 6.45) is 1.27. The molecule has 4 saturated carbocycles. The average molecular weight is 196 g/mol. The van der Waals surface area contributed by atoms with Gasteiger partial charge in [-0.25, -0.2) is 0 Å². The van der Waals surface area contributed by atoms with Gasteiger partial charge < -0.3 is 9.47 Å². The molecule has 4 aliphatic carbocycles. The van der Waals surface area contributed by atoms with Crippen molar-refractivity contribution >= 4 is 12.9 Å².